The van der Waals surface area contributed by atoms with Gasteiger partial charge in [-0.25, -0.2) is 0 Å². The number of amides is 1. The standard InChI is InChI=1S/C13H24N2O2/c1-13(5-8-17-9-6-13)10-15-12(16)4-7-14-11-2-3-11/h11,14H,2-10H2,1H3,(H,15,16). The fourth-order valence-corrected chi connectivity index (χ4v) is 2.12. The number of nitrogens with one attached hydrogen (secondary N) is 2. The maximum atomic E-state index is 11.6. The Balaban J connectivity index is 1.57. The molecule has 1 saturated carbocycles. The van der Waals surface area contributed by atoms with Crippen molar-refractivity contribution in [3.63, 3.8) is 0 Å². The Bertz CT molecular complexity index is 258. The van der Waals surface area contributed by atoms with E-state index < -0.39 is 0 Å². The highest BCUT2D eigenvalue weighted by atomic mass is 16.5. The van der Waals surface area contributed by atoms with E-state index in [-0.39, 0.29) is 11.3 Å². The maximum Gasteiger partial charge on any atom is 0.221 e. The quantitative estimate of drug-likeness (QED) is 0.730. The molecule has 0 unspecified atom stereocenters. The van der Waals surface area contributed by atoms with Gasteiger partial charge in [0.05, 0.1) is 0 Å². The minimum Gasteiger partial charge on any atom is -0.381 e. The molecule has 4 nitrogen and oxygen atoms in total. The number of hydrogen-bond donors (Lipinski definition) is 2. The van der Waals surface area contributed by atoms with Crippen LogP contribution in [0.1, 0.15) is 39.0 Å². The summed E-state index contributed by atoms with van der Waals surface area (Å²) in [5, 5.41) is 6.41. The first-order valence-corrected chi connectivity index (χ1v) is 6.76. The van der Waals surface area contributed by atoms with Crippen LogP contribution in [0.25, 0.3) is 0 Å². The third-order valence-electron chi connectivity index (χ3n) is 3.77. The zero-order valence-electron chi connectivity index (χ0n) is 10.8. The molecule has 17 heavy (non-hydrogen) atoms. The Hall–Kier alpha value is -0.610. The van der Waals surface area contributed by atoms with Gasteiger partial charge in [-0.1, -0.05) is 6.92 Å². The van der Waals surface area contributed by atoms with Crippen molar-refractivity contribution in [2.45, 2.75) is 45.1 Å². The molecule has 1 heterocycles. The predicted molar refractivity (Wildman–Crippen MR) is 66.8 cm³/mol. The first-order chi connectivity index (χ1) is 8.18. The number of rotatable bonds is 6. The first kappa shape index (κ1) is 12.8. The summed E-state index contributed by atoms with van der Waals surface area (Å²) in [6, 6.07) is 0.691. The lowest BCUT2D eigenvalue weighted by atomic mass is 9.82. The third-order valence-corrected chi connectivity index (χ3v) is 3.77. The van der Waals surface area contributed by atoms with Crippen LogP contribution in [0.15, 0.2) is 0 Å². The highest BCUT2D eigenvalue weighted by Crippen LogP contribution is 2.28. The number of carbonyl (C=O) groups excluding carboxylic acids is 1. The van der Waals surface area contributed by atoms with E-state index in [1.54, 1.807) is 0 Å². The van der Waals surface area contributed by atoms with Gasteiger partial charge in [-0.3, -0.25) is 4.79 Å². The van der Waals surface area contributed by atoms with Crippen LogP contribution in [-0.2, 0) is 9.53 Å². The summed E-state index contributed by atoms with van der Waals surface area (Å²) in [5.74, 6) is 0.172. The molecule has 98 valence electrons. The first-order valence-electron chi connectivity index (χ1n) is 6.76. The summed E-state index contributed by atoms with van der Waals surface area (Å²) in [6.45, 7) is 5.50. The Labute approximate surface area is 103 Å². The molecular formula is C13H24N2O2. The lowest BCUT2D eigenvalue weighted by molar-refractivity contribution is -0.121. The molecule has 2 rings (SSSR count). The van der Waals surface area contributed by atoms with Crippen LogP contribution in [0.5, 0.6) is 0 Å². The van der Waals surface area contributed by atoms with Gasteiger partial charge < -0.3 is 15.4 Å². The lowest BCUT2D eigenvalue weighted by Gasteiger charge is -2.33. The average Bonchev–Trinajstić information content (AvgIpc) is 3.12. The zero-order chi connectivity index (χ0) is 12.1. The highest BCUT2D eigenvalue weighted by Gasteiger charge is 2.27. The largest absolute Gasteiger partial charge is 0.381 e. The second-order valence-corrected chi connectivity index (χ2v) is 5.68. The van der Waals surface area contributed by atoms with Gasteiger partial charge in [0, 0.05) is 38.8 Å². The molecule has 0 bridgehead atoms. The minimum absolute atomic E-state index is 0.172. The Morgan fingerprint density at radius 3 is 2.71 bits per heavy atom. The highest BCUT2D eigenvalue weighted by molar-refractivity contribution is 5.76. The average molecular weight is 240 g/mol. The molecule has 1 aliphatic carbocycles. The predicted octanol–water partition coefficient (Wildman–Crippen LogP) is 1.06. The molecule has 0 aromatic heterocycles. The monoisotopic (exact) mass is 240 g/mol. The SMILES string of the molecule is CC1(CNC(=O)CCNC2CC2)CCOCC1. The second-order valence-electron chi connectivity index (χ2n) is 5.68. The van der Waals surface area contributed by atoms with Gasteiger partial charge in [0.2, 0.25) is 5.91 Å². The molecule has 1 saturated heterocycles. The van der Waals surface area contributed by atoms with Crippen LogP contribution in [0.3, 0.4) is 0 Å². The Morgan fingerprint density at radius 2 is 2.06 bits per heavy atom. The van der Waals surface area contributed by atoms with Crippen LogP contribution in [0, 0.1) is 5.41 Å². The minimum atomic E-state index is 0.172. The summed E-state index contributed by atoms with van der Waals surface area (Å²) >= 11 is 0. The molecule has 0 aromatic rings. The Morgan fingerprint density at radius 1 is 1.35 bits per heavy atom. The van der Waals surface area contributed by atoms with Gasteiger partial charge in [-0.2, -0.15) is 0 Å². The fourth-order valence-electron chi connectivity index (χ4n) is 2.12. The molecule has 2 fully saturated rings. The van der Waals surface area contributed by atoms with Crippen molar-refractivity contribution in [3.05, 3.63) is 0 Å². The zero-order valence-corrected chi connectivity index (χ0v) is 10.8. The van der Waals surface area contributed by atoms with Crippen molar-refractivity contribution in [1.29, 1.82) is 0 Å². The molecule has 1 aliphatic heterocycles. The second kappa shape index (κ2) is 5.83. The fraction of sp³-hybridized carbons (Fsp3) is 0.923. The molecule has 4 heteroatoms. The summed E-state index contributed by atoms with van der Waals surface area (Å²) < 4.78 is 5.35. The molecule has 0 aromatic carbocycles. The van der Waals surface area contributed by atoms with E-state index in [0.717, 1.165) is 39.1 Å². The molecule has 0 atom stereocenters. The molecule has 2 aliphatic rings. The van der Waals surface area contributed by atoms with Crippen molar-refractivity contribution >= 4 is 5.91 Å². The van der Waals surface area contributed by atoms with Gasteiger partial charge in [-0.05, 0) is 31.1 Å². The maximum absolute atomic E-state index is 11.6. The summed E-state index contributed by atoms with van der Waals surface area (Å²) in [4.78, 5) is 11.6. The smallest absolute Gasteiger partial charge is 0.221 e. The molecule has 1 amide bonds. The molecular weight excluding hydrogens is 216 g/mol. The van der Waals surface area contributed by atoms with Crippen LogP contribution in [0.2, 0.25) is 0 Å². The molecule has 0 spiro atoms. The molecule has 0 radical (unpaired) electrons. The van der Waals surface area contributed by atoms with Crippen molar-refractivity contribution < 1.29 is 9.53 Å². The third kappa shape index (κ3) is 4.64. The number of ether oxygens (including phenoxy) is 1. The topological polar surface area (TPSA) is 50.4 Å². The van der Waals surface area contributed by atoms with Crippen molar-refractivity contribution in [2.75, 3.05) is 26.3 Å². The van der Waals surface area contributed by atoms with E-state index in [1.807, 2.05) is 0 Å². The Kier molecular flexibility index (Phi) is 4.40. The van der Waals surface area contributed by atoms with Crippen LogP contribution < -0.4 is 10.6 Å². The van der Waals surface area contributed by atoms with E-state index in [2.05, 4.69) is 17.6 Å². The lowest BCUT2D eigenvalue weighted by Crippen LogP contribution is -2.40. The van der Waals surface area contributed by atoms with Crippen LogP contribution in [-0.4, -0.2) is 38.3 Å². The van der Waals surface area contributed by atoms with E-state index in [9.17, 15) is 4.79 Å². The van der Waals surface area contributed by atoms with E-state index in [1.165, 1.54) is 12.8 Å². The summed E-state index contributed by atoms with van der Waals surface area (Å²) in [5.41, 5.74) is 0.234. The van der Waals surface area contributed by atoms with Gasteiger partial charge >= 0.3 is 0 Å². The summed E-state index contributed by atoms with van der Waals surface area (Å²) in [6.07, 6.45) is 5.25. The van der Waals surface area contributed by atoms with Crippen molar-refractivity contribution in [2.24, 2.45) is 5.41 Å². The summed E-state index contributed by atoms with van der Waals surface area (Å²) in [7, 11) is 0. The van der Waals surface area contributed by atoms with Crippen molar-refractivity contribution in [3.8, 4) is 0 Å². The number of hydrogen-bond acceptors (Lipinski definition) is 3. The van der Waals surface area contributed by atoms with Crippen molar-refractivity contribution in [1.82, 2.24) is 10.6 Å². The molecule has 2 N–H and O–H groups in total. The van der Waals surface area contributed by atoms with Crippen LogP contribution in [0.4, 0.5) is 0 Å². The van der Waals surface area contributed by atoms with Gasteiger partial charge in [-0.15, -0.1) is 0 Å². The normalized spacial score (nSPS) is 23.4. The number of carbonyl (C=O) groups is 1. The van der Waals surface area contributed by atoms with E-state index in [4.69, 9.17) is 4.74 Å². The van der Waals surface area contributed by atoms with Gasteiger partial charge in [0.25, 0.3) is 0 Å². The van der Waals surface area contributed by atoms with E-state index in [0.29, 0.717) is 12.5 Å². The van der Waals surface area contributed by atoms with E-state index >= 15 is 0 Å². The van der Waals surface area contributed by atoms with Crippen LogP contribution >= 0.6 is 0 Å². The van der Waals surface area contributed by atoms with Gasteiger partial charge in [0.15, 0.2) is 0 Å². The van der Waals surface area contributed by atoms with Gasteiger partial charge in [0.1, 0.15) is 0 Å².